The van der Waals surface area contributed by atoms with Gasteiger partial charge in [0.15, 0.2) is 0 Å². The molecule has 1 aromatic rings. The number of methoxy groups -OCH3 is 1. The summed E-state index contributed by atoms with van der Waals surface area (Å²) in [6, 6.07) is 9.55. The van der Waals surface area contributed by atoms with Crippen molar-refractivity contribution in [3.8, 4) is 0 Å². The summed E-state index contributed by atoms with van der Waals surface area (Å²) in [7, 11) is 1.94. The maximum absolute atomic E-state index is 12.9. The lowest BCUT2D eigenvalue weighted by Crippen LogP contribution is -2.56. The van der Waals surface area contributed by atoms with Crippen LogP contribution in [0.25, 0.3) is 0 Å². The third-order valence-electron chi connectivity index (χ3n) is 13.4. The molecule has 6 rings (SSSR count). The highest BCUT2D eigenvalue weighted by molar-refractivity contribution is 5.89. The lowest BCUT2D eigenvalue weighted by atomic mass is 9.43. The number of ether oxygens (including phenoxy) is 2. The molecule has 0 saturated heterocycles. The first-order valence-electron chi connectivity index (χ1n) is 16.4. The highest BCUT2D eigenvalue weighted by Gasteiger charge is 2.81. The summed E-state index contributed by atoms with van der Waals surface area (Å²) < 4.78 is 12.3. The fourth-order valence-corrected chi connectivity index (χ4v) is 11.8. The molecule has 3 heteroatoms. The van der Waals surface area contributed by atoms with Gasteiger partial charge in [0.25, 0.3) is 0 Å². The normalized spacial score (nSPS) is 46.4. The van der Waals surface area contributed by atoms with Crippen molar-refractivity contribution < 1.29 is 14.3 Å². The molecule has 0 aromatic heterocycles. The monoisotopic (exact) mass is 536 g/mol. The average molecular weight is 537 g/mol. The Balaban J connectivity index is 0.000000983. The fourth-order valence-electron chi connectivity index (χ4n) is 11.8. The highest BCUT2D eigenvalue weighted by Crippen LogP contribution is 2.88. The minimum Gasteiger partial charge on any atom is -0.458 e. The second-order valence-corrected chi connectivity index (χ2v) is 14.9. The van der Waals surface area contributed by atoms with E-state index >= 15 is 0 Å². The van der Waals surface area contributed by atoms with E-state index in [1.807, 2.05) is 37.4 Å². The number of hydrogen-bond acceptors (Lipinski definition) is 3. The van der Waals surface area contributed by atoms with Crippen molar-refractivity contribution in [1.82, 2.24) is 0 Å². The Morgan fingerprint density at radius 1 is 0.949 bits per heavy atom. The molecular formula is C36H56O3. The quantitative estimate of drug-likeness (QED) is 0.352. The number of rotatable bonds is 5. The van der Waals surface area contributed by atoms with Gasteiger partial charge in [0.05, 0.1) is 11.7 Å². The average Bonchev–Trinajstić information content (AvgIpc) is 3.54. The van der Waals surface area contributed by atoms with Crippen LogP contribution in [0, 0.1) is 51.2 Å². The van der Waals surface area contributed by atoms with Crippen LogP contribution in [0.5, 0.6) is 0 Å². The molecule has 0 aliphatic heterocycles. The summed E-state index contributed by atoms with van der Waals surface area (Å²) >= 11 is 0. The molecule has 0 radical (unpaired) electrons. The van der Waals surface area contributed by atoms with Gasteiger partial charge in [0.1, 0.15) is 6.10 Å². The third kappa shape index (κ3) is 4.10. The molecule has 11 atom stereocenters. The molecule has 0 heterocycles. The van der Waals surface area contributed by atoms with Gasteiger partial charge in [-0.15, -0.1) is 0 Å². The van der Waals surface area contributed by atoms with Crippen molar-refractivity contribution >= 4 is 5.97 Å². The van der Waals surface area contributed by atoms with Crippen LogP contribution in [0.2, 0.25) is 0 Å². The van der Waals surface area contributed by atoms with Crippen molar-refractivity contribution in [3.05, 3.63) is 35.9 Å². The van der Waals surface area contributed by atoms with Crippen LogP contribution >= 0.6 is 0 Å². The minimum absolute atomic E-state index is 0.0647. The van der Waals surface area contributed by atoms with E-state index in [4.69, 9.17) is 9.47 Å². The Morgan fingerprint density at radius 3 is 2.28 bits per heavy atom. The number of fused-ring (bicyclic) bond motifs is 2. The van der Waals surface area contributed by atoms with Gasteiger partial charge in [-0.3, -0.25) is 0 Å². The molecule has 1 aromatic carbocycles. The summed E-state index contributed by atoms with van der Waals surface area (Å²) in [6.45, 7) is 16.8. The van der Waals surface area contributed by atoms with Gasteiger partial charge in [-0.1, -0.05) is 73.1 Å². The smallest absolute Gasteiger partial charge is 0.338 e. The van der Waals surface area contributed by atoms with Crippen LogP contribution in [0.15, 0.2) is 30.3 Å². The molecule has 5 aliphatic carbocycles. The Kier molecular flexibility index (Phi) is 7.84. The molecule has 2 spiro atoms. The lowest BCUT2D eigenvalue weighted by molar-refractivity contribution is -0.151. The van der Waals surface area contributed by atoms with Crippen LogP contribution in [-0.2, 0) is 9.47 Å². The minimum atomic E-state index is -0.141. The van der Waals surface area contributed by atoms with E-state index in [0.29, 0.717) is 51.1 Å². The molecule has 5 aliphatic rings. The predicted octanol–water partition coefficient (Wildman–Crippen LogP) is 9.35. The molecule has 0 N–H and O–H groups in total. The molecule has 39 heavy (non-hydrogen) atoms. The van der Waals surface area contributed by atoms with Crippen LogP contribution in [0.4, 0.5) is 0 Å². The van der Waals surface area contributed by atoms with Crippen molar-refractivity contribution in [2.24, 2.45) is 51.2 Å². The zero-order valence-electron chi connectivity index (χ0n) is 26.2. The number of carbonyl (C=O) groups is 1. The first kappa shape index (κ1) is 29.2. The molecular weight excluding hydrogens is 480 g/mol. The summed E-state index contributed by atoms with van der Waals surface area (Å²) in [5.41, 5.74) is 2.51. The third-order valence-corrected chi connectivity index (χ3v) is 13.4. The molecule has 9 unspecified atom stereocenters. The SMILES string of the molecule is CCC.CCC(OC)C1C(C)C[C@@]2(C)C3CCC4C(C)C(OC(=O)c5ccccc5)CC[C@@]45CC35CCC12C. The van der Waals surface area contributed by atoms with Gasteiger partial charge in [0.2, 0.25) is 0 Å². The van der Waals surface area contributed by atoms with E-state index in [-0.39, 0.29) is 12.1 Å². The molecule has 5 fully saturated rings. The number of hydrogen-bond donors (Lipinski definition) is 0. The van der Waals surface area contributed by atoms with E-state index < -0.39 is 0 Å². The van der Waals surface area contributed by atoms with Gasteiger partial charge in [-0.25, -0.2) is 4.79 Å². The van der Waals surface area contributed by atoms with Gasteiger partial charge >= 0.3 is 5.97 Å². The summed E-state index contributed by atoms with van der Waals surface area (Å²) in [6.07, 6.45) is 13.4. The van der Waals surface area contributed by atoms with Gasteiger partial charge < -0.3 is 9.47 Å². The lowest BCUT2D eigenvalue weighted by Gasteiger charge is -2.62. The number of esters is 1. The standard InChI is InChI=1S/C33H48O3.C3H8/c1-7-25(35-6)28-21(2)19-31(5)27-14-13-24-22(3)26(36-29(34)23-11-9-8-10-12-23)15-16-32(24)20-33(27,32)18-17-30(28,31)4;1-3-2/h8-12,21-22,24-28H,7,13-20H2,1-6H3;3H2,1-2H3/t21?,22?,24?,25?,26?,27?,28?,30?,31-,32+,33?;/m0./s1. The number of benzene rings is 1. The Hall–Kier alpha value is -1.35. The van der Waals surface area contributed by atoms with Gasteiger partial charge in [0, 0.05) is 7.11 Å². The van der Waals surface area contributed by atoms with Crippen molar-refractivity contribution in [2.75, 3.05) is 7.11 Å². The molecule has 218 valence electrons. The van der Waals surface area contributed by atoms with Crippen LogP contribution < -0.4 is 0 Å². The topological polar surface area (TPSA) is 35.5 Å². The van der Waals surface area contributed by atoms with E-state index in [1.165, 1.54) is 51.4 Å². The Labute approximate surface area is 239 Å². The van der Waals surface area contributed by atoms with Crippen molar-refractivity contribution in [1.29, 1.82) is 0 Å². The van der Waals surface area contributed by atoms with Gasteiger partial charge in [-0.05, 0) is 121 Å². The van der Waals surface area contributed by atoms with Crippen LogP contribution in [0.3, 0.4) is 0 Å². The highest BCUT2D eigenvalue weighted by atomic mass is 16.5. The molecule has 5 saturated carbocycles. The second-order valence-electron chi connectivity index (χ2n) is 14.9. The van der Waals surface area contributed by atoms with Crippen molar-refractivity contribution in [2.45, 2.75) is 125 Å². The molecule has 0 amide bonds. The van der Waals surface area contributed by atoms with E-state index in [1.54, 1.807) is 0 Å². The predicted molar refractivity (Wildman–Crippen MR) is 160 cm³/mol. The largest absolute Gasteiger partial charge is 0.458 e. The van der Waals surface area contributed by atoms with E-state index in [0.717, 1.165) is 24.7 Å². The maximum Gasteiger partial charge on any atom is 0.338 e. The maximum atomic E-state index is 12.9. The fraction of sp³-hybridized carbons (Fsp3) is 0.806. The van der Waals surface area contributed by atoms with Crippen LogP contribution in [-0.4, -0.2) is 25.3 Å². The second kappa shape index (κ2) is 10.5. The first-order valence-corrected chi connectivity index (χ1v) is 16.4. The number of carbonyl (C=O) groups excluding carboxylic acids is 1. The summed E-state index contributed by atoms with van der Waals surface area (Å²) in [4.78, 5) is 12.9. The zero-order valence-corrected chi connectivity index (χ0v) is 26.2. The van der Waals surface area contributed by atoms with Crippen LogP contribution in [0.1, 0.15) is 123 Å². The van der Waals surface area contributed by atoms with E-state index in [9.17, 15) is 4.79 Å². The van der Waals surface area contributed by atoms with Crippen molar-refractivity contribution in [3.63, 3.8) is 0 Å². The molecule has 3 nitrogen and oxygen atoms in total. The summed E-state index contributed by atoms with van der Waals surface area (Å²) in [5, 5.41) is 0. The van der Waals surface area contributed by atoms with E-state index in [2.05, 4.69) is 48.5 Å². The molecule has 0 bridgehead atoms. The van der Waals surface area contributed by atoms with Gasteiger partial charge in [-0.2, -0.15) is 0 Å². The zero-order chi connectivity index (χ0) is 28.2. The summed E-state index contributed by atoms with van der Waals surface area (Å²) in [5.74, 6) is 3.28. The first-order chi connectivity index (χ1) is 18.6. The Bertz CT molecular complexity index is 1020. The Morgan fingerprint density at radius 2 is 1.64 bits per heavy atom.